The molecule has 3 atom stereocenters. The van der Waals surface area contributed by atoms with Crippen molar-refractivity contribution in [2.24, 2.45) is 5.73 Å². The molecule has 0 aliphatic carbocycles. The molecule has 0 aromatic heterocycles. The predicted octanol–water partition coefficient (Wildman–Crippen LogP) is 0.770. The summed E-state index contributed by atoms with van der Waals surface area (Å²) in [7, 11) is 2.16. The highest BCUT2D eigenvalue weighted by molar-refractivity contribution is 7.40. The average molecular weight is 210 g/mol. The summed E-state index contributed by atoms with van der Waals surface area (Å²) < 4.78 is 0. The number of hydrogen-bond donors (Lipinski definition) is 3. The molecule has 1 rings (SSSR count). The van der Waals surface area contributed by atoms with Crippen molar-refractivity contribution in [2.45, 2.75) is 18.6 Å². The third-order valence-corrected chi connectivity index (χ3v) is 2.38. The summed E-state index contributed by atoms with van der Waals surface area (Å²) in [6.45, 7) is 0. The zero-order valence-electron chi connectivity index (χ0n) is 7.85. The lowest BCUT2D eigenvalue weighted by atomic mass is 10.0. The first-order chi connectivity index (χ1) is 6.61. The summed E-state index contributed by atoms with van der Waals surface area (Å²) in [6, 6.07) is 9.30. The van der Waals surface area contributed by atoms with Crippen LogP contribution >= 0.6 is 9.24 Å². The van der Waals surface area contributed by atoms with Crippen molar-refractivity contribution >= 4 is 14.7 Å². The highest BCUT2D eigenvalue weighted by atomic mass is 31.0. The molecule has 76 valence electrons. The standard InChI is InChI=1S/C10H15N2OP/c11-8(9(13)10(12)14)6-7-4-2-1-3-5-7/h1-5,8-9,12-13H,6,11,14H2/t8-,9+/m1/s1. The number of hydrogen-bond acceptors (Lipinski definition) is 3. The van der Waals surface area contributed by atoms with E-state index in [4.69, 9.17) is 11.1 Å². The first-order valence-electron chi connectivity index (χ1n) is 4.42. The van der Waals surface area contributed by atoms with Crippen LogP contribution in [0.25, 0.3) is 0 Å². The topological polar surface area (TPSA) is 70.1 Å². The summed E-state index contributed by atoms with van der Waals surface area (Å²) in [6.07, 6.45) is -0.293. The van der Waals surface area contributed by atoms with E-state index >= 15 is 0 Å². The van der Waals surface area contributed by atoms with Gasteiger partial charge in [0, 0.05) is 6.04 Å². The van der Waals surface area contributed by atoms with E-state index in [9.17, 15) is 5.11 Å². The van der Waals surface area contributed by atoms with Gasteiger partial charge in [-0.25, -0.2) is 0 Å². The van der Waals surface area contributed by atoms with Crippen molar-refractivity contribution < 1.29 is 5.11 Å². The summed E-state index contributed by atoms with van der Waals surface area (Å²) in [5.74, 6) is 0. The molecule has 0 saturated carbocycles. The highest BCUT2D eigenvalue weighted by Crippen LogP contribution is 2.07. The molecule has 0 fully saturated rings. The van der Waals surface area contributed by atoms with Gasteiger partial charge >= 0.3 is 0 Å². The largest absolute Gasteiger partial charge is 0.385 e. The van der Waals surface area contributed by atoms with Gasteiger partial charge in [0.05, 0.1) is 5.45 Å². The number of nitrogens with two attached hydrogens (primary N) is 1. The Morgan fingerprint density at radius 3 is 2.50 bits per heavy atom. The number of benzene rings is 1. The monoisotopic (exact) mass is 210 g/mol. The maximum absolute atomic E-state index is 9.49. The number of rotatable bonds is 4. The Balaban J connectivity index is 2.57. The van der Waals surface area contributed by atoms with Crippen LogP contribution < -0.4 is 5.73 Å². The Hall–Kier alpha value is -0.760. The Bertz CT molecular complexity index is 302. The summed E-state index contributed by atoms with van der Waals surface area (Å²) in [5, 5.41) is 16.7. The van der Waals surface area contributed by atoms with E-state index in [1.54, 1.807) is 0 Å². The minimum absolute atomic E-state index is 0.133. The van der Waals surface area contributed by atoms with Gasteiger partial charge < -0.3 is 16.2 Å². The van der Waals surface area contributed by atoms with Crippen molar-refractivity contribution in [3.05, 3.63) is 35.9 Å². The second kappa shape index (κ2) is 5.20. The van der Waals surface area contributed by atoms with Crippen LogP contribution in [0.3, 0.4) is 0 Å². The molecule has 0 radical (unpaired) electrons. The van der Waals surface area contributed by atoms with Crippen LogP contribution in [0.5, 0.6) is 0 Å². The molecule has 0 spiro atoms. The molecule has 3 nitrogen and oxygen atoms in total. The third-order valence-electron chi connectivity index (χ3n) is 2.04. The van der Waals surface area contributed by atoms with Crippen LogP contribution in [-0.2, 0) is 6.42 Å². The van der Waals surface area contributed by atoms with Gasteiger partial charge in [-0.1, -0.05) is 39.6 Å². The SMILES string of the molecule is N=C(P)[C@@H](O)[C@H](N)Cc1ccccc1. The van der Waals surface area contributed by atoms with Crippen molar-refractivity contribution in [3.8, 4) is 0 Å². The second-order valence-corrected chi connectivity index (χ2v) is 3.88. The van der Waals surface area contributed by atoms with Gasteiger partial charge in [-0.3, -0.25) is 0 Å². The molecular weight excluding hydrogens is 195 g/mol. The summed E-state index contributed by atoms with van der Waals surface area (Å²) in [5.41, 5.74) is 6.95. The predicted molar refractivity (Wildman–Crippen MR) is 61.6 cm³/mol. The van der Waals surface area contributed by atoms with Gasteiger partial charge in [-0.05, 0) is 12.0 Å². The number of aliphatic hydroxyl groups is 1. The van der Waals surface area contributed by atoms with E-state index in [1.807, 2.05) is 30.3 Å². The molecule has 1 unspecified atom stereocenters. The van der Waals surface area contributed by atoms with E-state index in [0.717, 1.165) is 5.56 Å². The number of nitrogens with one attached hydrogen (secondary N) is 1. The quantitative estimate of drug-likeness (QED) is 0.507. The molecule has 0 heterocycles. The molecular formula is C10H15N2OP. The van der Waals surface area contributed by atoms with Crippen molar-refractivity contribution in [1.29, 1.82) is 5.41 Å². The zero-order valence-corrected chi connectivity index (χ0v) is 9.01. The minimum atomic E-state index is -0.875. The smallest absolute Gasteiger partial charge is 0.110 e. The van der Waals surface area contributed by atoms with Gasteiger partial charge in [0.1, 0.15) is 6.10 Å². The zero-order chi connectivity index (χ0) is 10.6. The lowest BCUT2D eigenvalue weighted by Gasteiger charge is -2.17. The highest BCUT2D eigenvalue weighted by Gasteiger charge is 2.16. The van der Waals surface area contributed by atoms with Crippen molar-refractivity contribution in [3.63, 3.8) is 0 Å². The molecule has 14 heavy (non-hydrogen) atoms. The van der Waals surface area contributed by atoms with E-state index in [2.05, 4.69) is 9.24 Å². The first-order valence-corrected chi connectivity index (χ1v) is 5.00. The van der Waals surface area contributed by atoms with Crippen LogP contribution in [-0.4, -0.2) is 22.7 Å². The first kappa shape index (κ1) is 11.3. The molecule has 0 amide bonds. The van der Waals surface area contributed by atoms with E-state index in [1.165, 1.54) is 0 Å². The van der Waals surface area contributed by atoms with E-state index in [-0.39, 0.29) is 5.45 Å². The van der Waals surface area contributed by atoms with Gasteiger partial charge in [0.15, 0.2) is 0 Å². The molecule has 0 saturated heterocycles. The summed E-state index contributed by atoms with van der Waals surface area (Å²) in [4.78, 5) is 0. The van der Waals surface area contributed by atoms with Gasteiger partial charge in [-0.2, -0.15) is 0 Å². The fraction of sp³-hybridized carbons (Fsp3) is 0.300. The maximum Gasteiger partial charge on any atom is 0.110 e. The van der Waals surface area contributed by atoms with Crippen molar-refractivity contribution in [2.75, 3.05) is 0 Å². The van der Waals surface area contributed by atoms with Crippen LogP contribution in [0.4, 0.5) is 0 Å². The average Bonchev–Trinajstić information content (AvgIpc) is 2.18. The Labute approximate surface area is 86.0 Å². The summed E-state index contributed by atoms with van der Waals surface area (Å²) >= 11 is 0. The van der Waals surface area contributed by atoms with Crippen LogP contribution in [0.15, 0.2) is 30.3 Å². The van der Waals surface area contributed by atoms with Crippen LogP contribution in [0.1, 0.15) is 5.56 Å². The fourth-order valence-corrected chi connectivity index (χ4v) is 1.48. The molecule has 0 bridgehead atoms. The van der Waals surface area contributed by atoms with Crippen molar-refractivity contribution in [1.82, 2.24) is 0 Å². The maximum atomic E-state index is 9.49. The third kappa shape index (κ3) is 3.18. The van der Waals surface area contributed by atoms with Gasteiger partial charge in [0.2, 0.25) is 0 Å². The normalized spacial score (nSPS) is 14.8. The van der Waals surface area contributed by atoms with E-state index < -0.39 is 12.1 Å². The molecule has 0 aliphatic rings. The Kier molecular flexibility index (Phi) is 4.21. The molecule has 1 aromatic rings. The fourth-order valence-electron chi connectivity index (χ4n) is 1.23. The van der Waals surface area contributed by atoms with Crippen LogP contribution in [0.2, 0.25) is 0 Å². The van der Waals surface area contributed by atoms with Crippen LogP contribution in [0, 0.1) is 5.41 Å². The number of aliphatic hydroxyl groups excluding tert-OH is 1. The second-order valence-electron chi connectivity index (χ2n) is 3.25. The van der Waals surface area contributed by atoms with E-state index in [0.29, 0.717) is 6.42 Å². The Morgan fingerprint density at radius 1 is 1.43 bits per heavy atom. The molecule has 1 aromatic carbocycles. The molecule has 4 heteroatoms. The molecule has 4 N–H and O–H groups in total. The Morgan fingerprint density at radius 2 is 2.00 bits per heavy atom. The molecule has 0 aliphatic heterocycles. The lowest BCUT2D eigenvalue weighted by Crippen LogP contribution is -2.39. The lowest BCUT2D eigenvalue weighted by molar-refractivity contribution is 0.211. The van der Waals surface area contributed by atoms with Gasteiger partial charge in [-0.15, -0.1) is 0 Å². The van der Waals surface area contributed by atoms with Gasteiger partial charge in [0.25, 0.3) is 0 Å². The minimum Gasteiger partial charge on any atom is -0.385 e.